The van der Waals surface area contributed by atoms with Crippen LogP contribution in [0.25, 0.3) is 28.4 Å². The summed E-state index contributed by atoms with van der Waals surface area (Å²) in [6, 6.07) is 16.0. The Bertz CT molecular complexity index is 1340. The van der Waals surface area contributed by atoms with E-state index in [9.17, 15) is 4.79 Å². The second-order valence-electron chi connectivity index (χ2n) is 8.37. The average molecular weight is 445 g/mol. The van der Waals surface area contributed by atoms with Gasteiger partial charge in [0.1, 0.15) is 17.4 Å². The molecular formula is C25H28N6O2. The molecule has 4 aromatic rings. The maximum absolute atomic E-state index is 13.2. The fourth-order valence-corrected chi connectivity index (χ4v) is 4.38. The first-order valence-corrected chi connectivity index (χ1v) is 11.4. The zero-order chi connectivity index (χ0) is 22.9. The van der Waals surface area contributed by atoms with Crippen LogP contribution in [-0.2, 0) is 0 Å². The number of nitrogens with two attached hydrogens (primary N) is 1. The van der Waals surface area contributed by atoms with Crippen LogP contribution in [0.3, 0.4) is 0 Å². The Morgan fingerprint density at radius 1 is 1.12 bits per heavy atom. The van der Waals surface area contributed by atoms with Gasteiger partial charge in [-0.3, -0.25) is 4.98 Å². The third-order valence-corrected chi connectivity index (χ3v) is 6.12. The van der Waals surface area contributed by atoms with E-state index >= 15 is 0 Å². The normalized spacial score (nSPS) is 14.7. The molecule has 1 saturated heterocycles. The first kappa shape index (κ1) is 21.2. The zero-order valence-electron chi connectivity index (χ0n) is 18.9. The number of fused-ring (bicyclic) bond motifs is 1. The van der Waals surface area contributed by atoms with Crippen LogP contribution in [0, 0.1) is 6.92 Å². The number of hydrogen-bond donors (Lipinski definition) is 2. The maximum Gasteiger partial charge on any atom is 0.334 e. The number of imidazole rings is 1. The Labute approximate surface area is 192 Å². The minimum absolute atomic E-state index is 0.271. The van der Waals surface area contributed by atoms with Crippen molar-refractivity contribution in [1.29, 1.82) is 0 Å². The van der Waals surface area contributed by atoms with Gasteiger partial charge in [0.05, 0.1) is 17.9 Å². The monoisotopic (exact) mass is 444 g/mol. The summed E-state index contributed by atoms with van der Waals surface area (Å²) in [5, 5.41) is 0. The molecule has 8 nitrogen and oxygen atoms in total. The van der Waals surface area contributed by atoms with Crippen molar-refractivity contribution in [3.8, 4) is 28.5 Å². The van der Waals surface area contributed by atoms with E-state index in [4.69, 9.17) is 15.5 Å². The third-order valence-electron chi connectivity index (χ3n) is 6.12. The van der Waals surface area contributed by atoms with Crippen LogP contribution < -0.4 is 21.1 Å². The van der Waals surface area contributed by atoms with Gasteiger partial charge in [0.25, 0.3) is 0 Å². The highest BCUT2D eigenvalue weighted by molar-refractivity contribution is 5.71. The number of H-pyrrole nitrogens is 1. The Hall–Kier alpha value is -3.65. The number of ether oxygens (including phenoxy) is 1. The minimum Gasteiger partial charge on any atom is -0.493 e. The summed E-state index contributed by atoms with van der Waals surface area (Å²) in [4.78, 5) is 27.8. The summed E-state index contributed by atoms with van der Waals surface area (Å²) in [6.45, 7) is 6.17. The van der Waals surface area contributed by atoms with Crippen LogP contribution >= 0.6 is 0 Å². The van der Waals surface area contributed by atoms with Gasteiger partial charge >= 0.3 is 5.69 Å². The molecular weight excluding hydrogens is 416 g/mol. The minimum atomic E-state index is -0.286. The van der Waals surface area contributed by atoms with Gasteiger partial charge in [0, 0.05) is 36.4 Å². The number of piperidine rings is 1. The molecule has 1 aliphatic heterocycles. The summed E-state index contributed by atoms with van der Waals surface area (Å²) in [7, 11) is 0. The number of aromatic amines is 1. The van der Waals surface area contributed by atoms with Gasteiger partial charge in [0.2, 0.25) is 0 Å². The van der Waals surface area contributed by atoms with E-state index in [1.165, 1.54) is 4.40 Å². The fraction of sp³-hybridized carbons (Fsp3) is 0.320. The van der Waals surface area contributed by atoms with Crippen molar-refractivity contribution in [1.82, 2.24) is 19.4 Å². The van der Waals surface area contributed by atoms with Crippen LogP contribution in [0.4, 0.5) is 5.69 Å². The summed E-state index contributed by atoms with van der Waals surface area (Å²) < 4.78 is 7.49. The van der Waals surface area contributed by atoms with E-state index in [1.54, 1.807) is 0 Å². The highest BCUT2D eigenvalue weighted by Crippen LogP contribution is 2.33. The largest absolute Gasteiger partial charge is 0.493 e. The molecule has 0 radical (unpaired) electrons. The molecule has 0 saturated carbocycles. The topological polar surface area (TPSA) is 102 Å². The standard InChI is InChI=1S/C25H28N6O2/c1-3-33-21-15-19(30-13-11-18(26)12-14-30)9-10-20(21)22-28-23-16(2)27-24(31(23)25(32)29-22)17-7-5-4-6-8-17/h4-10,15,18H,3,11-14,26H2,1-2H3,(H,28,29,32). The smallest absolute Gasteiger partial charge is 0.334 e. The molecule has 1 fully saturated rings. The van der Waals surface area contributed by atoms with Gasteiger partial charge in [-0.1, -0.05) is 30.3 Å². The highest BCUT2D eigenvalue weighted by Gasteiger charge is 2.20. The van der Waals surface area contributed by atoms with Gasteiger partial charge in [-0.2, -0.15) is 0 Å². The summed E-state index contributed by atoms with van der Waals surface area (Å²) in [6.07, 6.45) is 1.95. The molecule has 2 aromatic heterocycles. The molecule has 3 heterocycles. The summed E-state index contributed by atoms with van der Waals surface area (Å²) in [5.41, 5.74) is 9.70. The Morgan fingerprint density at radius 3 is 2.61 bits per heavy atom. The number of aryl methyl sites for hydroxylation is 1. The van der Waals surface area contributed by atoms with Gasteiger partial charge < -0.3 is 15.4 Å². The lowest BCUT2D eigenvalue weighted by molar-refractivity contribution is 0.341. The van der Waals surface area contributed by atoms with Crippen LogP contribution in [-0.4, -0.2) is 45.1 Å². The van der Waals surface area contributed by atoms with Gasteiger partial charge in [0.15, 0.2) is 5.65 Å². The van der Waals surface area contributed by atoms with Gasteiger partial charge in [-0.25, -0.2) is 19.2 Å². The van der Waals surface area contributed by atoms with E-state index < -0.39 is 0 Å². The first-order valence-electron chi connectivity index (χ1n) is 11.4. The van der Waals surface area contributed by atoms with Crippen LogP contribution in [0.15, 0.2) is 53.3 Å². The van der Waals surface area contributed by atoms with Crippen molar-refractivity contribution in [3.63, 3.8) is 0 Å². The lowest BCUT2D eigenvalue weighted by Gasteiger charge is -2.32. The summed E-state index contributed by atoms with van der Waals surface area (Å²) >= 11 is 0. The molecule has 2 aromatic carbocycles. The molecule has 1 aliphatic rings. The first-order chi connectivity index (χ1) is 16.0. The lowest BCUT2D eigenvalue weighted by atomic mass is 10.0. The fourth-order valence-electron chi connectivity index (χ4n) is 4.38. The number of aromatic nitrogens is 4. The SMILES string of the molecule is CCOc1cc(N2CCC(N)CC2)ccc1-c1nc2c(C)nc(-c3ccccc3)n2c(=O)[nH]1. The van der Waals surface area contributed by atoms with Crippen LogP contribution in [0.5, 0.6) is 5.75 Å². The van der Waals surface area contributed by atoms with Crippen LogP contribution in [0.2, 0.25) is 0 Å². The molecule has 170 valence electrons. The number of hydrogen-bond acceptors (Lipinski definition) is 6. The second-order valence-corrected chi connectivity index (χ2v) is 8.37. The van der Waals surface area contributed by atoms with Crippen molar-refractivity contribution >= 4 is 11.3 Å². The van der Waals surface area contributed by atoms with Crippen molar-refractivity contribution in [2.75, 3.05) is 24.6 Å². The number of nitrogens with one attached hydrogen (secondary N) is 1. The maximum atomic E-state index is 13.2. The molecule has 0 unspecified atom stereocenters. The number of anilines is 1. The number of benzene rings is 2. The molecule has 0 aliphatic carbocycles. The van der Waals surface area contributed by atoms with Crippen molar-refractivity contribution in [3.05, 3.63) is 64.7 Å². The van der Waals surface area contributed by atoms with Crippen molar-refractivity contribution < 1.29 is 4.74 Å². The van der Waals surface area contributed by atoms with Gasteiger partial charge in [-0.15, -0.1) is 0 Å². The van der Waals surface area contributed by atoms with Gasteiger partial charge in [-0.05, 0) is 38.8 Å². The Morgan fingerprint density at radius 2 is 1.88 bits per heavy atom. The Kier molecular flexibility index (Phi) is 5.60. The molecule has 3 N–H and O–H groups in total. The van der Waals surface area contributed by atoms with Crippen molar-refractivity contribution in [2.24, 2.45) is 5.73 Å². The number of nitrogens with zero attached hydrogens (tertiary/aromatic N) is 4. The third kappa shape index (κ3) is 3.98. The quantitative estimate of drug-likeness (QED) is 0.489. The molecule has 8 heteroatoms. The zero-order valence-corrected chi connectivity index (χ0v) is 18.9. The second kappa shape index (κ2) is 8.71. The van der Waals surface area contributed by atoms with E-state index in [0.29, 0.717) is 35.3 Å². The molecule has 0 spiro atoms. The average Bonchev–Trinajstić information content (AvgIpc) is 3.17. The van der Waals surface area contributed by atoms with Crippen LogP contribution in [0.1, 0.15) is 25.5 Å². The molecule has 0 atom stereocenters. The molecule has 0 amide bonds. The predicted octanol–water partition coefficient (Wildman–Crippen LogP) is 3.39. The summed E-state index contributed by atoms with van der Waals surface area (Å²) in [5.74, 6) is 1.73. The molecule has 33 heavy (non-hydrogen) atoms. The Balaban J connectivity index is 1.59. The molecule has 0 bridgehead atoms. The number of rotatable bonds is 5. The predicted molar refractivity (Wildman–Crippen MR) is 130 cm³/mol. The van der Waals surface area contributed by atoms with Crippen molar-refractivity contribution in [2.45, 2.75) is 32.7 Å². The van der Waals surface area contributed by atoms with E-state index in [-0.39, 0.29) is 11.7 Å². The highest BCUT2D eigenvalue weighted by atomic mass is 16.5. The van der Waals surface area contributed by atoms with E-state index in [1.807, 2.05) is 56.3 Å². The van der Waals surface area contributed by atoms with E-state index in [2.05, 4.69) is 20.9 Å². The molecule has 5 rings (SSSR count). The lowest BCUT2D eigenvalue weighted by Crippen LogP contribution is -2.39. The van der Waals surface area contributed by atoms with E-state index in [0.717, 1.165) is 42.7 Å².